The van der Waals surface area contributed by atoms with Gasteiger partial charge in [-0.15, -0.1) is 0 Å². The molecule has 0 aromatic heterocycles. The van der Waals surface area contributed by atoms with E-state index in [9.17, 15) is 27.6 Å². The van der Waals surface area contributed by atoms with Crippen molar-refractivity contribution < 1.29 is 32.3 Å². The van der Waals surface area contributed by atoms with Crippen LogP contribution in [-0.2, 0) is 33.3 Å². The van der Waals surface area contributed by atoms with Gasteiger partial charge in [0.2, 0.25) is 5.91 Å². The Bertz CT molecular complexity index is 937. The smallest absolute Gasteiger partial charge is 0.416 e. The van der Waals surface area contributed by atoms with E-state index in [-0.39, 0.29) is 17.9 Å². The number of esters is 1. The quantitative estimate of drug-likeness (QED) is 0.625. The second-order valence-corrected chi connectivity index (χ2v) is 6.38. The predicted octanol–water partition coefficient (Wildman–Crippen LogP) is 3.56. The molecule has 2 aromatic rings. The molecule has 2 aromatic carbocycles. The van der Waals surface area contributed by atoms with Crippen LogP contribution < -0.4 is 5.32 Å². The first-order valence-electron chi connectivity index (χ1n) is 8.50. The number of carbonyl (C=O) groups is 3. The number of fused-ring (bicyclic) bond motifs is 1. The zero-order chi connectivity index (χ0) is 20.3. The molecule has 0 aliphatic carbocycles. The van der Waals surface area contributed by atoms with Gasteiger partial charge in [-0.05, 0) is 41.8 Å². The first kappa shape index (κ1) is 19.6. The minimum atomic E-state index is -4.50. The minimum absolute atomic E-state index is 0.0879. The lowest BCUT2D eigenvalue weighted by Crippen LogP contribution is -2.20. The van der Waals surface area contributed by atoms with Crippen molar-refractivity contribution in [2.24, 2.45) is 0 Å². The lowest BCUT2D eigenvalue weighted by molar-refractivity contribution is -0.142. The molecule has 0 radical (unpaired) electrons. The van der Waals surface area contributed by atoms with Crippen molar-refractivity contribution in [1.82, 2.24) is 0 Å². The van der Waals surface area contributed by atoms with Gasteiger partial charge in [0, 0.05) is 17.7 Å². The fraction of sp³-hybridized carbons (Fsp3) is 0.250. The van der Waals surface area contributed by atoms with E-state index in [1.807, 2.05) is 0 Å². The maximum Gasteiger partial charge on any atom is 0.416 e. The summed E-state index contributed by atoms with van der Waals surface area (Å²) in [6.45, 7) is -0.511. The van der Waals surface area contributed by atoms with Gasteiger partial charge in [0.25, 0.3) is 0 Å². The molecule has 0 atom stereocenters. The molecule has 1 amide bonds. The Morgan fingerprint density at radius 3 is 2.61 bits per heavy atom. The third-order valence-electron chi connectivity index (χ3n) is 4.29. The Hall–Kier alpha value is -3.16. The summed E-state index contributed by atoms with van der Waals surface area (Å²) in [6, 6.07) is 9.16. The number of hydrogen-bond donors (Lipinski definition) is 1. The van der Waals surface area contributed by atoms with Gasteiger partial charge < -0.3 is 10.1 Å². The van der Waals surface area contributed by atoms with E-state index in [1.54, 1.807) is 12.1 Å². The van der Waals surface area contributed by atoms with E-state index in [0.717, 1.165) is 17.7 Å². The molecule has 1 N–H and O–H groups in total. The van der Waals surface area contributed by atoms with Crippen LogP contribution >= 0.6 is 0 Å². The second-order valence-electron chi connectivity index (χ2n) is 6.38. The lowest BCUT2D eigenvalue weighted by atomic mass is 9.99. The van der Waals surface area contributed by atoms with Crippen LogP contribution in [-0.4, -0.2) is 24.3 Å². The summed E-state index contributed by atoms with van der Waals surface area (Å²) in [5.41, 5.74) is 1.10. The third-order valence-corrected chi connectivity index (χ3v) is 4.29. The monoisotopic (exact) mass is 391 g/mol. The minimum Gasteiger partial charge on any atom is -0.457 e. The van der Waals surface area contributed by atoms with Gasteiger partial charge in [0.1, 0.15) is 0 Å². The van der Waals surface area contributed by atoms with Gasteiger partial charge >= 0.3 is 12.1 Å². The van der Waals surface area contributed by atoms with Crippen LogP contribution in [0.25, 0.3) is 0 Å². The summed E-state index contributed by atoms with van der Waals surface area (Å²) >= 11 is 0. The number of nitrogens with one attached hydrogen (secondary N) is 1. The van der Waals surface area contributed by atoms with E-state index in [2.05, 4.69) is 5.32 Å². The van der Waals surface area contributed by atoms with Crippen molar-refractivity contribution in [3.8, 4) is 0 Å². The van der Waals surface area contributed by atoms with Crippen LogP contribution in [0, 0.1) is 0 Å². The van der Waals surface area contributed by atoms with E-state index in [1.165, 1.54) is 18.2 Å². The number of halogens is 3. The molecule has 0 saturated carbocycles. The third kappa shape index (κ3) is 4.76. The van der Waals surface area contributed by atoms with Gasteiger partial charge in [-0.2, -0.15) is 13.2 Å². The fourth-order valence-electron chi connectivity index (χ4n) is 2.86. The van der Waals surface area contributed by atoms with Crippen molar-refractivity contribution >= 4 is 23.3 Å². The van der Waals surface area contributed by atoms with E-state index in [0.29, 0.717) is 24.1 Å². The average Bonchev–Trinajstić information content (AvgIpc) is 2.65. The van der Waals surface area contributed by atoms with E-state index in [4.69, 9.17) is 4.74 Å². The van der Waals surface area contributed by atoms with Crippen molar-refractivity contribution in [2.75, 3.05) is 11.9 Å². The van der Waals surface area contributed by atoms with Gasteiger partial charge in [0.05, 0.1) is 12.0 Å². The summed E-state index contributed by atoms with van der Waals surface area (Å²) in [4.78, 5) is 35.4. The maximum absolute atomic E-state index is 12.7. The van der Waals surface area contributed by atoms with Crippen molar-refractivity contribution in [1.29, 1.82) is 0 Å². The molecule has 0 spiro atoms. The molecule has 8 heteroatoms. The van der Waals surface area contributed by atoms with Gasteiger partial charge in [-0.25, -0.2) is 0 Å². The fourth-order valence-corrected chi connectivity index (χ4v) is 2.86. The molecule has 1 aliphatic rings. The number of rotatable bonds is 5. The summed E-state index contributed by atoms with van der Waals surface area (Å²) in [7, 11) is 0. The SMILES string of the molecule is O=C1CCc2cc(C(=O)COC(=O)Cc3cccc(C(F)(F)F)c3)ccc2N1. The maximum atomic E-state index is 12.7. The highest BCUT2D eigenvalue weighted by Crippen LogP contribution is 2.29. The van der Waals surface area contributed by atoms with E-state index < -0.39 is 30.1 Å². The molecule has 0 bridgehead atoms. The van der Waals surface area contributed by atoms with Gasteiger partial charge in [-0.1, -0.05) is 18.2 Å². The van der Waals surface area contributed by atoms with Crippen LogP contribution in [0.4, 0.5) is 18.9 Å². The number of amides is 1. The van der Waals surface area contributed by atoms with Crippen molar-refractivity contribution in [2.45, 2.75) is 25.4 Å². The molecule has 28 heavy (non-hydrogen) atoms. The number of anilines is 1. The van der Waals surface area contributed by atoms with Crippen LogP contribution in [0.5, 0.6) is 0 Å². The molecular formula is C20H16F3NO4. The summed E-state index contributed by atoms with van der Waals surface area (Å²) in [5.74, 6) is -1.31. The molecular weight excluding hydrogens is 375 g/mol. The highest BCUT2D eigenvalue weighted by atomic mass is 19.4. The number of benzene rings is 2. The number of ether oxygens (including phenoxy) is 1. The zero-order valence-corrected chi connectivity index (χ0v) is 14.6. The topological polar surface area (TPSA) is 72.5 Å². The average molecular weight is 391 g/mol. The first-order valence-corrected chi connectivity index (χ1v) is 8.50. The molecule has 146 valence electrons. The van der Waals surface area contributed by atoms with Crippen LogP contribution in [0.2, 0.25) is 0 Å². The highest BCUT2D eigenvalue weighted by molar-refractivity contribution is 6.00. The van der Waals surface area contributed by atoms with Crippen LogP contribution in [0.3, 0.4) is 0 Å². The summed E-state index contributed by atoms with van der Waals surface area (Å²) in [6.07, 6.45) is -4.02. The Kier molecular flexibility index (Phi) is 5.48. The number of ketones is 1. The highest BCUT2D eigenvalue weighted by Gasteiger charge is 2.30. The number of alkyl halides is 3. The van der Waals surface area contributed by atoms with Crippen LogP contribution in [0.15, 0.2) is 42.5 Å². The number of hydrogen-bond acceptors (Lipinski definition) is 4. The Morgan fingerprint density at radius 2 is 1.86 bits per heavy atom. The van der Waals surface area contributed by atoms with Crippen LogP contribution in [0.1, 0.15) is 33.5 Å². The largest absolute Gasteiger partial charge is 0.457 e. The molecule has 0 fully saturated rings. The lowest BCUT2D eigenvalue weighted by Gasteiger charge is -2.17. The molecule has 0 unspecified atom stereocenters. The van der Waals surface area contributed by atoms with Gasteiger partial charge in [-0.3, -0.25) is 14.4 Å². The molecule has 5 nitrogen and oxygen atoms in total. The molecule has 0 saturated heterocycles. The zero-order valence-electron chi connectivity index (χ0n) is 14.6. The Labute approximate surface area is 158 Å². The van der Waals surface area contributed by atoms with Crippen molar-refractivity contribution in [3.05, 3.63) is 64.7 Å². The normalized spacial score (nSPS) is 13.5. The van der Waals surface area contributed by atoms with Gasteiger partial charge in [0.15, 0.2) is 12.4 Å². The summed E-state index contributed by atoms with van der Waals surface area (Å²) < 4.78 is 43.0. The molecule has 3 rings (SSSR count). The Balaban J connectivity index is 1.58. The molecule has 1 heterocycles. The second kappa shape index (κ2) is 7.84. The predicted molar refractivity (Wildman–Crippen MR) is 93.8 cm³/mol. The summed E-state index contributed by atoms with van der Waals surface area (Å²) in [5, 5.41) is 2.70. The Morgan fingerprint density at radius 1 is 1.07 bits per heavy atom. The number of Topliss-reactive ketones (excluding diaryl/α,β-unsaturated/α-hetero) is 1. The standard InChI is InChI=1S/C20H16F3NO4/c21-20(22,23)15-3-1-2-12(8-15)9-19(27)28-11-17(25)14-4-6-16-13(10-14)5-7-18(26)24-16/h1-4,6,8,10H,5,7,9,11H2,(H,24,26). The van der Waals surface area contributed by atoms with E-state index >= 15 is 0 Å². The molecule has 1 aliphatic heterocycles. The van der Waals surface area contributed by atoms with Crippen molar-refractivity contribution in [3.63, 3.8) is 0 Å². The number of carbonyl (C=O) groups excluding carboxylic acids is 3. The number of aryl methyl sites for hydroxylation is 1. The first-order chi connectivity index (χ1) is 13.2.